The molecule has 11 heteroatoms. The number of ether oxygens (including phenoxy) is 2. The number of sulfone groups is 1. The molecule has 0 radical (unpaired) electrons. The van der Waals surface area contributed by atoms with Crippen LogP contribution in [0.3, 0.4) is 0 Å². The Balaban J connectivity index is 2.18. The fourth-order valence-corrected chi connectivity index (χ4v) is 2.56. The zero-order valence-electron chi connectivity index (χ0n) is 12.9. The molecule has 25 heavy (non-hydrogen) atoms. The average Bonchev–Trinajstić information content (AvgIpc) is 2.44. The third kappa shape index (κ3) is 3.92. The number of nitrogens with one attached hydrogen (secondary N) is 1. The van der Waals surface area contributed by atoms with Gasteiger partial charge in [0.05, 0.1) is 4.90 Å². The lowest BCUT2D eigenvalue weighted by molar-refractivity contribution is -0.222. The summed E-state index contributed by atoms with van der Waals surface area (Å²) in [5.41, 5.74) is -5.72. The highest BCUT2D eigenvalue weighted by Crippen LogP contribution is 2.30. The van der Waals surface area contributed by atoms with Gasteiger partial charge in [-0.15, -0.1) is 0 Å². The molecule has 0 spiro atoms. The Morgan fingerprint density at radius 2 is 1.52 bits per heavy atom. The van der Waals surface area contributed by atoms with Crippen molar-refractivity contribution in [2.75, 3.05) is 5.32 Å². The predicted octanol–water partition coefficient (Wildman–Crippen LogP) is 2.11. The van der Waals surface area contributed by atoms with E-state index in [9.17, 15) is 31.2 Å². The number of hydrogen-bond donors (Lipinski definition) is 1. The zero-order valence-corrected chi connectivity index (χ0v) is 13.7. The molecule has 1 aromatic carbocycles. The van der Waals surface area contributed by atoms with Crippen molar-refractivity contribution in [2.45, 2.75) is 30.0 Å². The van der Waals surface area contributed by atoms with Gasteiger partial charge in [0.15, 0.2) is 5.57 Å². The lowest BCUT2D eigenvalue weighted by atomic mass is 10.2. The molecule has 1 aliphatic rings. The van der Waals surface area contributed by atoms with E-state index in [0.29, 0.717) is 0 Å². The maximum Gasteiger partial charge on any atom is 0.501 e. The number of carbonyl (C=O) groups is 2. The Kier molecular flexibility index (Phi) is 4.55. The third-order valence-corrected chi connectivity index (χ3v) is 4.47. The molecule has 0 bridgehead atoms. The Labute approximate surface area is 140 Å². The van der Waals surface area contributed by atoms with Crippen molar-refractivity contribution in [1.82, 2.24) is 0 Å². The van der Waals surface area contributed by atoms with Gasteiger partial charge in [0.2, 0.25) is 0 Å². The van der Waals surface area contributed by atoms with E-state index in [4.69, 9.17) is 9.47 Å². The van der Waals surface area contributed by atoms with E-state index < -0.39 is 43.5 Å². The molecule has 1 N–H and O–H groups in total. The van der Waals surface area contributed by atoms with Gasteiger partial charge in [0.25, 0.3) is 15.6 Å². The SMILES string of the molecule is CC1(C)OC(=O)C(=CNc2ccc(S(=O)(=O)C(F)(F)F)cc2)C(=O)O1. The first-order valence-corrected chi connectivity index (χ1v) is 8.17. The number of benzene rings is 1. The molecular formula is C14H12F3NO6S. The lowest BCUT2D eigenvalue weighted by Crippen LogP contribution is -2.42. The van der Waals surface area contributed by atoms with Gasteiger partial charge >= 0.3 is 17.4 Å². The van der Waals surface area contributed by atoms with Crippen LogP contribution in [0.2, 0.25) is 0 Å². The van der Waals surface area contributed by atoms with Crippen LogP contribution in [0, 0.1) is 0 Å². The first kappa shape index (κ1) is 18.8. The fraction of sp³-hybridized carbons (Fsp3) is 0.286. The van der Waals surface area contributed by atoms with E-state index in [1.807, 2.05) is 0 Å². The number of carbonyl (C=O) groups excluding carboxylic acids is 2. The van der Waals surface area contributed by atoms with Crippen molar-refractivity contribution in [2.24, 2.45) is 0 Å². The molecule has 136 valence electrons. The summed E-state index contributed by atoms with van der Waals surface area (Å²) in [6.45, 7) is 2.74. The molecule has 1 fully saturated rings. The summed E-state index contributed by atoms with van der Waals surface area (Å²) in [6.07, 6.45) is 0.952. The Bertz CT molecular complexity index is 818. The highest BCUT2D eigenvalue weighted by molar-refractivity contribution is 7.92. The van der Waals surface area contributed by atoms with Gasteiger partial charge in [-0.3, -0.25) is 0 Å². The molecule has 1 heterocycles. The predicted molar refractivity (Wildman–Crippen MR) is 77.7 cm³/mol. The molecule has 7 nitrogen and oxygen atoms in total. The van der Waals surface area contributed by atoms with Crippen LogP contribution in [0.1, 0.15) is 13.8 Å². The second-order valence-corrected chi connectivity index (χ2v) is 7.30. The van der Waals surface area contributed by atoms with Crippen LogP contribution in [-0.4, -0.2) is 31.7 Å². The van der Waals surface area contributed by atoms with Crippen LogP contribution in [0.4, 0.5) is 18.9 Å². The monoisotopic (exact) mass is 379 g/mol. The third-order valence-electron chi connectivity index (χ3n) is 2.97. The van der Waals surface area contributed by atoms with Gasteiger partial charge < -0.3 is 14.8 Å². The maximum atomic E-state index is 12.4. The number of rotatable bonds is 3. The van der Waals surface area contributed by atoms with Crippen molar-refractivity contribution in [3.8, 4) is 0 Å². The van der Waals surface area contributed by atoms with E-state index in [1.165, 1.54) is 13.8 Å². The van der Waals surface area contributed by atoms with Crippen LogP contribution in [-0.2, 0) is 28.9 Å². The minimum absolute atomic E-state index is 0.138. The number of alkyl halides is 3. The molecule has 0 aromatic heterocycles. The smallest absolute Gasteiger partial charge is 0.419 e. The maximum absolute atomic E-state index is 12.4. The minimum atomic E-state index is -5.45. The normalized spacial score (nSPS) is 17.6. The summed E-state index contributed by atoms with van der Waals surface area (Å²) < 4.78 is 69.5. The van der Waals surface area contributed by atoms with Crippen LogP contribution in [0.15, 0.2) is 40.9 Å². The first-order chi connectivity index (χ1) is 11.3. The molecule has 1 aromatic rings. The molecular weight excluding hydrogens is 367 g/mol. The van der Waals surface area contributed by atoms with Gasteiger partial charge in [-0.1, -0.05) is 0 Å². The van der Waals surface area contributed by atoms with Crippen molar-refractivity contribution in [3.05, 3.63) is 36.0 Å². The van der Waals surface area contributed by atoms with Crippen molar-refractivity contribution < 1.29 is 40.7 Å². The van der Waals surface area contributed by atoms with Crippen molar-refractivity contribution in [1.29, 1.82) is 0 Å². The molecule has 0 amide bonds. The van der Waals surface area contributed by atoms with Crippen molar-refractivity contribution >= 4 is 27.5 Å². The number of esters is 2. The molecule has 0 atom stereocenters. The van der Waals surface area contributed by atoms with Gasteiger partial charge in [-0.05, 0) is 24.3 Å². The molecule has 0 saturated carbocycles. The summed E-state index contributed by atoms with van der Waals surface area (Å²) in [6, 6.07) is 3.56. The Hall–Kier alpha value is -2.56. The van der Waals surface area contributed by atoms with Gasteiger partial charge in [0.1, 0.15) is 0 Å². The Morgan fingerprint density at radius 1 is 1.04 bits per heavy atom. The van der Waals surface area contributed by atoms with Crippen LogP contribution in [0.25, 0.3) is 0 Å². The van der Waals surface area contributed by atoms with E-state index in [2.05, 4.69) is 5.32 Å². The van der Waals surface area contributed by atoms with Gasteiger partial charge in [0, 0.05) is 25.7 Å². The van der Waals surface area contributed by atoms with E-state index in [1.54, 1.807) is 0 Å². The van der Waals surface area contributed by atoms with Crippen LogP contribution < -0.4 is 5.32 Å². The number of cyclic esters (lactones) is 2. The molecule has 0 unspecified atom stereocenters. The second kappa shape index (κ2) is 6.06. The zero-order chi connectivity index (χ0) is 19.0. The van der Waals surface area contributed by atoms with Crippen LogP contribution in [0.5, 0.6) is 0 Å². The molecule has 2 rings (SSSR count). The molecule has 0 aliphatic carbocycles. The summed E-state index contributed by atoms with van der Waals surface area (Å²) in [4.78, 5) is 22.5. The van der Waals surface area contributed by atoms with Crippen molar-refractivity contribution in [3.63, 3.8) is 0 Å². The van der Waals surface area contributed by atoms with Gasteiger partial charge in [-0.25, -0.2) is 18.0 Å². The Morgan fingerprint density at radius 3 is 1.96 bits per heavy atom. The largest absolute Gasteiger partial charge is 0.501 e. The fourth-order valence-electron chi connectivity index (χ4n) is 1.80. The molecule has 1 aliphatic heterocycles. The number of anilines is 1. The number of hydrogen-bond acceptors (Lipinski definition) is 7. The van der Waals surface area contributed by atoms with Gasteiger partial charge in [-0.2, -0.15) is 13.2 Å². The van der Waals surface area contributed by atoms with E-state index >= 15 is 0 Å². The standard InChI is InChI=1S/C14H12F3NO6S/c1-13(2)23-11(19)10(12(20)24-13)7-18-8-3-5-9(6-4-8)25(21,22)14(15,16)17/h3-7,18H,1-2H3. The second-order valence-electron chi connectivity index (χ2n) is 5.35. The summed E-state index contributed by atoms with van der Waals surface area (Å²) >= 11 is 0. The highest BCUT2D eigenvalue weighted by Gasteiger charge is 2.46. The van der Waals surface area contributed by atoms with E-state index in [0.717, 1.165) is 30.5 Å². The molecule has 1 saturated heterocycles. The summed E-state index contributed by atoms with van der Waals surface area (Å²) in [5.74, 6) is -3.28. The first-order valence-electron chi connectivity index (χ1n) is 6.68. The summed E-state index contributed by atoms with van der Waals surface area (Å²) in [5, 5.41) is 2.48. The minimum Gasteiger partial charge on any atom is -0.419 e. The quantitative estimate of drug-likeness (QED) is 0.488. The van der Waals surface area contributed by atoms with E-state index in [-0.39, 0.29) is 5.69 Å². The lowest BCUT2D eigenvalue weighted by Gasteiger charge is -2.29. The van der Waals surface area contributed by atoms with Crippen LogP contribution >= 0.6 is 0 Å². The topological polar surface area (TPSA) is 98.8 Å². The summed E-state index contributed by atoms with van der Waals surface area (Å²) in [7, 11) is -5.45. The highest BCUT2D eigenvalue weighted by atomic mass is 32.2. The average molecular weight is 379 g/mol. The number of halogens is 3.